The first-order chi connectivity index (χ1) is 18.0. The Hall–Kier alpha value is -3.55. The average molecular weight is 498 g/mol. The second kappa shape index (κ2) is 10.8. The number of rotatable bonds is 8. The van der Waals surface area contributed by atoms with Crippen molar-refractivity contribution in [3.8, 4) is 5.69 Å². The number of hydrogen-bond donors (Lipinski definition) is 2. The Labute approximate surface area is 218 Å². The Bertz CT molecular complexity index is 1300. The van der Waals surface area contributed by atoms with E-state index in [1.807, 2.05) is 25.1 Å². The molecule has 2 atom stereocenters. The van der Waals surface area contributed by atoms with Crippen molar-refractivity contribution in [2.45, 2.75) is 45.1 Å². The van der Waals surface area contributed by atoms with E-state index in [0.29, 0.717) is 5.82 Å². The number of amides is 1. The molecule has 37 heavy (non-hydrogen) atoms. The zero-order valence-corrected chi connectivity index (χ0v) is 21.4. The van der Waals surface area contributed by atoms with Crippen LogP contribution >= 0.6 is 0 Å². The lowest BCUT2D eigenvalue weighted by Gasteiger charge is -2.42. The maximum absolute atomic E-state index is 11.5. The quantitative estimate of drug-likeness (QED) is 0.489. The van der Waals surface area contributed by atoms with Crippen LogP contribution in [0, 0.1) is 12.3 Å². The SMILES string of the molecule is Cc1nc(C(N)=O)nn1-c1ccc(C[C@@]2(CN3CCCCC3CO)C=CC(c3ccccc3)=CC2)cc1. The van der Waals surface area contributed by atoms with Gasteiger partial charge in [-0.15, -0.1) is 5.10 Å². The van der Waals surface area contributed by atoms with Crippen LogP contribution in [0.15, 0.2) is 72.8 Å². The minimum atomic E-state index is -0.633. The van der Waals surface area contributed by atoms with Crippen LogP contribution in [0.2, 0.25) is 0 Å². The molecule has 2 heterocycles. The van der Waals surface area contributed by atoms with Crippen LogP contribution in [0.5, 0.6) is 0 Å². The first kappa shape index (κ1) is 25.1. The number of nitrogens with zero attached hydrogens (tertiary/aromatic N) is 4. The Balaban J connectivity index is 1.40. The van der Waals surface area contributed by atoms with Crippen LogP contribution in [0.1, 0.15) is 53.3 Å². The fourth-order valence-electron chi connectivity index (χ4n) is 5.64. The van der Waals surface area contributed by atoms with Gasteiger partial charge in [-0.3, -0.25) is 9.69 Å². The topological polar surface area (TPSA) is 97.3 Å². The molecule has 1 aliphatic heterocycles. The van der Waals surface area contributed by atoms with Gasteiger partial charge in [-0.25, -0.2) is 9.67 Å². The summed E-state index contributed by atoms with van der Waals surface area (Å²) < 4.78 is 1.65. The molecule has 3 aromatic rings. The molecule has 2 aromatic carbocycles. The molecule has 1 fully saturated rings. The summed E-state index contributed by atoms with van der Waals surface area (Å²) in [7, 11) is 0. The molecule has 0 bridgehead atoms. The highest BCUT2D eigenvalue weighted by Gasteiger charge is 2.34. The predicted molar refractivity (Wildman–Crippen MR) is 145 cm³/mol. The Morgan fingerprint density at radius 1 is 1.14 bits per heavy atom. The number of primary amides is 1. The molecule has 3 N–H and O–H groups in total. The van der Waals surface area contributed by atoms with Gasteiger partial charge in [-0.05, 0) is 68.0 Å². The smallest absolute Gasteiger partial charge is 0.288 e. The zero-order chi connectivity index (χ0) is 25.8. The van der Waals surface area contributed by atoms with E-state index < -0.39 is 5.91 Å². The molecule has 1 amide bonds. The predicted octanol–water partition coefficient (Wildman–Crippen LogP) is 4.09. The molecule has 1 unspecified atom stereocenters. The minimum Gasteiger partial charge on any atom is -0.395 e. The van der Waals surface area contributed by atoms with E-state index in [1.54, 1.807) is 4.68 Å². The van der Waals surface area contributed by atoms with Gasteiger partial charge in [-0.2, -0.15) is 0 Å². The fraction of sp³-hybridized carbons (Fsp3) is 0.367. The number of likely N-dealkylation sites (tertiary alicyclic amines) is 1. The van der Waals surface area contributed by atoms with Crippen molar-refractivity contribution in [1.82, 2.24) is 19.7 Å². The third kappa shape index (κ3) is 5.58. The Morgan fingerprint density at radius 2 is 1.92 bits per heavy atom. The normalized spacial score (nSPS) is 22.1. The third-order valence-electron chi connectivity index (χ3n) is 7.66. The number of nitrogens with two attached hydrogens (primary N) is 1. The van der Waals surface area contributed by atoms with Crippen LogP contribution < -0.4 is 5.73 Å². The first-order valence-electron chi connectivity index (χ1n) is 13.1. The van der Waals surface area contributed by atoms with E-state index in [1.165, 1.54) is 29.5 Å². The van der Waals surface area contributed by atoms with Crippen molar-refractivity contribution in [2.24, 2.45) is 11.1 Å². The lowest BCUT2D eigenvalue weighted by Crippen LogP contribution is -2.48. The van der Waals surface area contributed by atoms with Crippen LogP contribution in [-0.4, -0.2) is 56.4 Å². The van der Waals surface area contributed by atoms with Gasteiger partial charge in [0.05, 0.1) is 12.3 Å². The van der Waals surface area contributed by atoms with Crippen LogP contribution in [-0.2, 0) is 6.42 Å². The van der Waals surface area contributed by atoms with E-state index in [0.717, 1.165) is 38.0 Å². The van der Waals surface area contributed by atoms with Crippen LogP contribution in [0.4, 0.5) is 0 Å². The molecular weight excluding hydrogens is 462 g/mol. The van der Waals surface area contributed by atoms with Crippen molar-refractivity contribution in [1.29, 1.82) is 0 Å². The summed E-state index contributed by atoms with van der Waals surface area (Å²) in [6.07, 6.45) is 12.3. The molecule has 192 valence electrons. The average Bonchev–Trinajstić information content (AvgIpc) is 3.32. The summed E-state index contributed by atoms with van der Waals surface area (Å²) in [6, 6.07) is 19.1. The molecular formula is C30H35N5O2. The highest BCUT2D eigenvalue weighted by Crippen LogP contribution is 2.38. The van der Waals surface area contributed by atoms with Crippen LogP contribution in [0.25, 0.3) is 11.3 Å². The molecule has 5 rings (SSSR count). The molecule has 0 radical (unpaired) electrons. The van der Waals surface area contributed by atoms with Gasteiger partial charge in [0.1, 0.15) is 5.82 Å². The van der Waals surface area contributed by atoms with E-state index >= 15 is 0 Å². The highest BCUT2D eigenvalue weighted by molar-refractivity contribution is 5.88. The molecule has 7 nitrogen and oxygen atoms in total. The van der Waals surface area contributed by atoms with Crippen molar-refractivity contribution < 1.29 is 9.90 Å². The Morgan fingerprint density at radius 3 is 2.57 bits per heavy atom. The number of aliphatic hydroxyl groups excluding tert-OH is 1. The first-order valence-corrected chi connectivity index (χ1v) is 13.1. The van der Waals surface area contributed by atoms with E-state index in [9.17, 15) is 9.90 Å². The monoisotopic (exact) mass is 497 g/mol. The Kier molecular flexibility index (Phi) is 7.35. The van der Waals surface area contributed by atoms with Gasteiger partial charge in [0, 0.05) is 18.0 Å². The molecule has 1 saturated heterocycles. The van der Waals surface area contributed by atoms with Gasteiger partial charge < -0.3 is 10.8 Å². The maximum atomic E-state index is 11.5. The minimum absolute atomic E-state index is 0.0221. The second-order valence-electron chi connectivity index (χ2n) is 10.3. The highest BCUT2D eigenvalue weighted by atomic mass is 16.3. The maximum Gasteiger partial charge on any atom is 0.288 e. The van der Waals surface area contributed by atoms with Gasteiger partial charge in [0.25, 0.3) is 5.91 Å². The fourth-order valence-corrected chi connectivity index (χ4v) is 5.64. The second-order valence-corrected chi connectivity index (χ2v) is 10.3. The van der Waals surface area contributed by atoms with Crippen molar-refractivity contribution >= 4 is 11.5 Å². The molecule has 7 heteroatoms. The summed E-state index contributed by atoms with van der Waals surface area (Å²) >= 11 is 0. The molecule has 1 aliphatic carbocycles. The standard InChI is InChI=1S/C30H35N5O2/c1-22-32-29(28(31)37)33-35(22)26-12-10-23(11-13-26)19-30(21-34-18-6-5-9-27(34)20-36)16-14-25(15-17-30)24-7-3-2-4-8-24/h2-4,7-8,10-16,27,36H,5-6,9,17-21H2,1H3,(H2,31,37)/t27?,30-/m1/s1. The summed E-state index contributed by atoms with van der Waals surface area (Å²) in [5.74, 6) is 0.00660. The van der Waals surface area contributed by atoms with Gasteiger partial charge in [0.15, 0.2) is 0 Å². The van der Waals surface area contributed by atoms with Crippen molar-refractivity contribution in [3.05, 3.63) is 95.6 Å². The molecule has 2 aliphatic rings. The molecule has 0 spiro atoms. The number of hydrogen-bond acceptors (Lipinski definition) is 5. The van der Waals surface area contributed by atoms with E-state index in [-0.39, 0.29) is 23.9 Å². The van der Waals surface area contributed by atoms with Gasteiger partial charge in [-0.1, -0.05) is 67.1 Å². The largest absolute Gasteiger partial charge is 0.395 e. The third-order valence-corrected chi connectivity index (χ3v) is 7.66. The lowest BCUT2D eigenvalue weighted by molar-refractivity contribution is 0.0609. The summed E-state index contributed by atoms with van der Waals surface area (Å²) in [5.41, 5.74) is 9.86. The number of aryl methyl sites for hydroxylation is 1. The zero-order valence-electron chi connectivity index (χ0n) is 21.4. The number of carbonyl (C=O) groups is 1. The summed E-state index contributed by atoms with van der Waals surface area (Å²) in [5, 5.41) is 14.3. The van der Waals surface area contributed by atoms with Crippen molar-refractivity contribution in [2.75, 3.05) is 19.7 Å². The number of allylic oxidation sites excluding steroid dienone is 3. The van der Waals surface area contributed by atoms with E-state index in [2.05, 4.69) is 69.6 Å². The number of benzene rings is 2. The summed E-state index contributed by atoms with van der Waals surface area (Å²) in [4.78, 5) is 18.1. The molecule has 1 aromatic heterocycles. The number of aromatic nitrogens is 3. The number of piperidine rings is 1. The number of aliphatic hydroxyl groups is 1. The van der Waals surface area contributed by atoms with Gasteiger partial charge in [0.2, 0.25) is 5.82 Å². The number of carbonyl (C=O) groups excluding carboxylic acids is 1. The summed E-state index contributed by atoms with van der Waals surface area (Å²) in [6.45, 7) is 3.97. The lowest BCUT2D eigenvalue weighted by atomic mass is 9.73. The van der Waals surface area contributed by atoms with Gasteiger partial charge >= 0.3 is 0 Å². The van der Waals surface area contributed by atoms with Crippen molar-refractivity contribution in [3.63, 3.8) is 0 Å². The molecule has 0 saturated carbocycles. The van der Waals surface area contributed by atoms with E-state index in [4.69, 9.17) is 5.73 Å². The van der Waals surface area contributed by atoms with Crippen LogP contribution in [0.3, 0.4) is 0 Å².